The van der Waals surface area contributed by atoms with Gasteiger partial charge in [-0.05, 0) is 17.7 Å². The van der Waals surface area contributed by atoms with Crippen molar-refractivity contribution >= 4 is 11.7 Å². The zero-order valence-electron chi connectivity index (χ0n) is 15.7. The Balaban J connectivity index is 1.28. The van der Waals surface area contributed by atoms with Gasteiger partial charge in [0.25, 0.3) is 0 Å². The Hall–Kier alpha value is -2.58. The summed E-state index contributed by atoms with van der Waals surface area (Å²) in [6, 6.07) is 6.30. The van der Waals surface area contributed by atoms with E-state index in [2.05, 4.69) is 19.8 Å². The summed E-state index contributed by atoms with van der Waals surface area (Å²) in [4.78, 5) is 27.5. The van der Waals surface area contributed by atoms with E-state index in [-0.39, 0.29) is 17.8 Å². The molecule has 0 bridgehead atoms. The summed E-state index contributed by atoms with van der Waals surface area (Å²) in [5.74, 6) is 0.722. The highest BCUT2D eigenvalue weighted by atomic mass is 19.1. The third-order valence-corrected chi connectivity index (χ3v) is 5.27. The van der Waals surface area contributed by atoms with Crippen LogP contribution in [0.1, 0.15) is 11.7 Å². The first-order valence-corrected chi connectivity index (χ1v) is 9.57. The first-order chi connectivity index (χ1) is 13.7. The number of anilines is 1. The molecule has 1 aromatic carbocycles. The van der Waals surface area contributed by atoms with Gasteiger partial charge < -0.3 is 14.5 Å². The summed E-state index contributed by atoms with van der Waals surface area (Å²) in [5, 5.41) is 0. The second-order valence-corrected chi connectivity index (χ2v) is 7.08. The number of carbonyl (C=O) groups is 1. The second-order valence-electron chi connectivity index (χ2n) is 7.08. The highest BCUT2D eigenvalue weighted by molar-refractivity contribution is 5.78. The molecule has 8 heteroatoms. The van der Waals surface area contributed by atoms with Crippen LogP contribution in [0.2, 0.25) is 0 Å². The van der Waals surface area contributed by atoms with Gasteiger partial charge in [-0.25, -0.2) is 9.37 Å². The molecule has 148 valence electrons. The number of carbonyl (C=O) groups excluding carboxylic acids is 1. The van der Waals surface area contributed by atoms with Crippen LogP contribution in [0.15, 0.2) is 42.9 Å². The Kier molecular flexibility index (Phi) is 5.78. The Morgan fingerprint density at radius 2 is 1.89 bits per heavy atom. The van der Waals surface area contributed by atoms with Gasteiger partial charge in [-0.15, -0.1) is 0 Å². The number of benzene rings is 1. The molecule has 3 heterocycles. The van der Waals surface area contributed by atoms with E-state index in [4.69, 9.17) is 4.74 Å². The summed E-state index contributed by atoms with van der Waals surface area (Å²) in [7, 11) is 0. The van der Waals surface area contributed by atoms with Gasteiger partial charge in [-0.1, -0.05) is 12.1 Å². The van der Waals surface area contributed by atoms with Crippen molar-refractivity contribution in [3.8, 4) is 0 Å². The molecule has 1 atom stereocenters. The van der Waals surface area contributed by atoms with Gasteiger partial charge >= 0.3 is 0 Å². The van der Waals surface area contributed by atoms with Crippen LogP contribution in [-0.4, -0.2) is 78.1 Å². The van der Waals surface area contributed by atoms with E-state index in [0.717, 1.165) is 37.6 Å². The maximum absolute atomic E-state index is 13.1. The van der Waals surface area contributed by atoms with Crippen molar-refractivity contribution in [3.63, 3.8) is 0 Å². The summed E-state index contributed by atoms with van der Waals surface area (Å²) < 4.78 is 18.9. The third kappa shape index (κ3) is 4.45. The van der Waals surface area contributed by atoms with Crippen LogP contribution >= 0.6 is 0 Å². The molecule has 1 unspecified atom stereocenters. The molecule has 2 aliphatic heterocycles. The number of amides is 1. The van der Waals surface area contributed by atoms with E-state index >= 15 is 0 Å². The van der Waals surface area contributed by atoms with Crippen LogP contribution in [-0.2, 0) is 9.53 Å². The van der Waals surface area contributed by atoms with Crippen LogP contribution < -0.4 is 4.90 Å². The van der Waals surface area contributed by atoms with E-state index < -0.39 is 0 Å². The van der Waals surface area contributed by atoms with Gasteiger partial charge in [0.1, 0.15) is 17.7 Å². The topological polar surface area (TPSA) is 61.8 Å². The fourth-order valence-corrected chi connectivity index (χ4v) is 3.64. The molecule has 1 aromatic heterocycles. The van der Waals surface area contributed by atoms with Crippen molar-refractivity contribution in [3.05, 3.63) is 54.2 Å². The predicted octanol–water partition coefficient (Wildman–Crippen LogP) is 1.34. The van der Waals surface area contributed by atoms with Crippen molar-refractivity contribution in [1.29, 1.82) is 0 Å². The molecule has 0 spiro atoms. The number of hydrogen-bond acceptors (Lipinski definition) is 6. The molecule has 0 saturated carbocycles. The van der Waals surface area contributed by atoms with Crippen molar-refractivity contribution in [1.82, 2.24) is 19.8 Å². The number of piperazine rings is 1. The number of hydrogen-bond donors (Lipinski definition) is 0. The maximum Gasteiger partial charge on any atom is 0.236 e. The van der Waals surface area contributed by atoms with Gasteiger partial charge in [0.2, 0.25) is 5.91 Å². The lowest BCUT2D eigenvalue weighted by molar-refractivity contribution is -0.140. The van der Waals surface area contributed by atoms with Crippen molar-refractivity contribution in [2.45, 2.75) is 6.10 Å². The summed E-state index contributed by atoms with van der Waals surface area (Å²) in [6.45, 7) is 5.28. The SMILES string of the molecule is O=C(CN1CCN(c2cnccn2)CC1)N1CCOC(c2ccc(F)cc2)C1. The van der Waals surface area contributed by atoms with E-state index in [9.17, 15) is 9.18 Å². The Labute approximate surface area is 163 Å². The molecule has 4 rings (SSSR count). The van der Waals surface area contributed by atoms with Gasteiger partial charge in [0, 0.05) is 45.1 Å². The fourth-order valence-electron chi connectivity index (χ4n) is 3.64. The van der Waals surface area contributed by atoms with Gasteiger partial charge in [-0.3, -0.25) is 14.7 Å². The molecule has 2 aromatic rings. The van der Waals surface area contributed by atoms with Crippen molar-refractivity contribution in [2.24, 2.45) is 0 Å². The summed E-state index contributed by atoms with van der Waals surface area (Å²) in [6.07, 6.45) is 4.93. The average Bonchev–Trinajstić information content (AvgIpc) is 2.75. The third-order valence-electron chi connectivity index (χ3n) is 5.27. The van der Waals surface area contributed by atoms with Gasteiger partial charge in [-0.2, -0.15) is 0 Å². The normalized spacial score (nSPS) is 21.0. The molecule has 2 saturated heterocycles. The Morgan fingerprint density at radius 1 is 1.11 bits per heavy atom. The number of morpholine rings is 1. The van der Waals surface area contributed by atoms with Crippen LogP contribution in [0.3, 0.4) is 0 Å². The smallest absolute Gasteiger partial charge is 0.236 e. The number of aromatic nitrogens is 2. The zero-order chi connectivity index (χ0) is 19.3. The largest absolute Gasteiger partial charge is 0.370 e. The first kappa shape index (κ1) is 18.8. The van der Waals surface area contributed by atoms with Crippen LogP contribution in [0, 0.1) is 5.82 Å². The molecule has 0 N–H and O–H groups in total. The number of halogens is 1. The van der Waals surface area contributed by atoms with Crippen molar-refractivity contribution in [2.75, 3.05) is 57.3 Å². The predicted molar refractivity (Wildman–Crippen MR) is 102 cm³/mol. The van der Waals surface area contributed by atoms with E-state index in [1.165, 1.54) is 12.1 Å². The lowest BCUT2D eigenvalue weighted by atomic mass is 10.1. The number of rotatable bonds is 4. The Bertz CT molecular complexity index is 781. The minimum absolute atomic E-state index is 0.114. The molecule has 2 aliphatic rings. The van der Waals surface area contributed by atoms with Crippen molar-refractivity contribution < 1.29 is 13.9 Å². The first-order valence-electron chi connectivity index (χ1n) is 9.57. The molecular weight excluding hydrogens is 361 g/mol. The average molecular weight is 385 g/mol. The molecule has 0 radical (unpaired) electrons. The second kappa shape index (κ2) is 8.62. The van der Waals surface area contributed by atoms with E-state index in [1.54, 1.807) is 30.7 Å². The summed E-state index contributed by atoms with van der Waals surface area (Å²) in [5.41, 5.74) is 0.900. The van der Waals surface area contributed by atoms with Crippen LogP contribution in [0.4, 0.5) is 10.2 Å². The molecule has 1 amide bonds. The van der Waals surface area contributed by atoms with E-state index in [0.29, 0.717) is 26.2 Å². The zero-order valence-corrected chi connectivity index (χ0v) is 15.7. The fraction of sp³-hybridized carbons (Fsp3) is 0.450. The van der Waals surface area contributed by atoms with E-state index in [1.807, 2.05) is 4.90 Å². The van der Waals surface area contributed by atoms with Crippen LogP contribution in [0.5, 0.6) is 0 Å². The summed E-state index contributed by atoms with van der Waals surface area (Å²) >= 11 is 0. The molecule has 28 heavy (non-hydrogen) atoms. The number of nitrogens with zero attached hydrogens (tertiary/aromatic N) is 5. The Morgan fingerprint density at radius 3 is 2.61 bits per heavy atom. The maximum atomic E-state index is 13.1. The lowest BCUT2D eigenvalue weighted by Crippen LogP contribution is -2.52. The lowest BCUT2D eigenvalue weighted by Gasteiger charge is -2.37. The minimum Gasteiger partial charge on any atom is -0.370 e. The monoisotopic (exact) mass is 385 g/mol. The highest BCUT2D eigenvalue weighted by Crippen LogP contribution is 2.22. The highest BCUT2D eigenvalue weighted by Gasteiger charge is 2.27. The molecule has 0 aliphatic carbocycles. The molecular formula is C20H24FN5O2. The van der Waals surface area contributed by atoms with Gasteiger partial charge in [0.15, 0.2) is 0 Å². The standard InChI is InChI=1S/C20H24FN5O2/c21-17-3-1-16(2-4-17)18-14-26(11-12-28-18)20(27)15-24-7-9-25(10-8-24)19-13-22-5-6-23-19/h1-6,13,18H,7-12,14-15H2. The van der Waals surface area contributed by atoms with Gasteiger partial charge in [0.05, 0.1) is 25.9 Å². The number of ether oxygens (including phenoxy) is 1. The molecule has 2 fully saturated rings. The van der Waals surface area contributed by atoms with Crippen LogP contribution in [0.25, 0.3) is 0 Å². The quantitative estimate of drug-likeness (QED) is 0.792. The molecule has 7 nitrogen and oxygen atoms in total. The minimum atomic E-state index is -0.270.